The van der Waals surface area contributed by atoms with Gasteiger partial charge in [0.1, 0.15) is 5.82 Å². The highest BCUT2D eigenvalue weighted by Crippen LogP contribution is 2.31. The second-order valence-corrected chi connectivity index (χ2v) is 7.64. The van der Waals surface area contributed by atoms with E-state index in [9.17, 15) is 19.4 Å². The standard InChI is InChI=1S/C21H21ClFN3O3/c22-17-7-12(16-9-25-18-8-13(23)2-4-14(16)18)1-3-15(17)21(29)24-5-6-26-10-19(27)20(28)11-26/h1-4,7-9,19-20,25,27-28H,5-6,10-11H2,(H,24,29)/t19-,20-/m0/s1. The van der Waals surface area contributed by atoms with Crippen molar-refractivity contribution in [2.24, 2.45) is 0 Å². The summed E-state index contributed by atoms with van der Waals surface area (Å²) in [5.41, 5.74) is 2.75. The van der Waals surface area contributed by atoms with Gasteiger partial charge in [-0.15, -0.1) is 0 Å². The average molecular weight is 418 g/mol. The van der Waals surface area contributed by atoms with E-state index in [0.29, 0.717) is 42.3 Å². The van der Waals surface area contributed by atoms with Crippen molar-refractivity contribution in [2.75, 3.05) is 26.2 Å². The van der Waals surface area contributed by atoms with Gasteiger partial charge >= 0.3 is 0 Å². The van der Waals surface area contributed by atoms with Crippen LogP contribution in [0.3, 0.4) is 0 Å². The Bertz CT molecular complexity index is 1040. The molecule has 0 spiro atoms. The normalized spacial score (nSPS) is 19.7. The van der Waals surface area contributed by atoms with Gasteiger partial charge in [-0.3, -0.25) is 9.69 Å². The number of aromatic nitrogens is 1. The van der Waals surface area contributed by atoms with Crippen LogP contribution < -0.4 is 5.32 Å². The van der Waals surface area contributed by atoms with E-state index in [0.717, 1.165) is 16.5 Å². The number of hydrogen-bond donors (Lipinski definition) is 4. The maximum absolute atomic E-state index is 13.4. The van der Waals surface area contributed by atoms with Crippen LogP contribution in [0.15, 0.2) is 42.6 Å². The number of benzene rings is 2. The van der Waals surface area contributed by atoms with Crippen molar-refractivity contribution in [3.05, 3.63) is 59.0 Å². The molecule has 152 valence electrons. The number of aliphatic hydroxyl groups is 2. The molecule has 1 aliphatic rings. The number of aliphatic hydroxyl groups excluding tert-OH is 2. The minimum atomic E-state index is -0.742. The molecule has 2 aromatic carbocycles. The molecule has 0 radical (unpaired) electrons. The second kappa shape index (κ2) is 8.12. The quantitative estimate of drug-likeness (QED) is 0.513. The number of carbonyl (C=O) groups excluding carboxylic acids is 1. The third-order valence-corrected chi connectivity index (χ3v) is 5.53. The Hall–Kier alpha value is -2.45. The fourth-order valence-corrected chi connectivity index (χ4v) is 3.92. The average Bonchev–Trinajstić information content (AvgIpc) is 3.24. The van der Waals surface area contributed by atoms with E-state index in [1.54, 1.807) is 30.5 Å². The number of nitrogens with one attached hydrogen (secondary N) is 2. The molecular formula is C21H21ClFN3O3. The summed E-state index contributed by atoms with van der Waals surface area (Å²) in [5, 5.41) is 23.1. The van der Waals surface area contributed by atoms with Crippen LogP contribution in [-0.4, -0.2) is 64.4 Å². The van der Waals surface area contributed by atoms with Crippen LogP contribution in [0.5, 0.6) is 0 Å². The first-order valence-electron chi connectivity index (χ1n) is 9.35. The van der Waals surface area contributed by atoms with Crippen molar-refractivity contribution < 1.29 is 19.4 Å². The topological polar surface area (TPSA) is 88.6 Å². The molecular weight excluding hydrogens is 397 g/mol. The fourth-order valence-electron chi connectivity index (χ4n) is 3.66. The number of aromatic amines is 1. The van der Waals surface area contributed by atoms with E-state index < -0.39 is 12.2 Å². The molecule has 1 fully saturated rings. The fraction of sp³-hybridized carbons (Fsp3) is 0.286. The Morgan fingerprint density at radius 2 is 1.97 bits per heavy atom. The van der Waals surface area contributed by atoms with Gasteiger partial charge in [-0.2, -0.15) is 0 Å². The molecule has 1 saturated heterocycles. The Morgan fingerprint density at radius 3 is 2.69 bits per heavy atom. The van der Waals surface area contributed by atoms with Crippen molar-refractivity contribution in [2.45, 2.75) is 12.2 Å². The Labute approximate surface area is 171 Å². The number of halogens is 2. The van der Waals surface area contributed by atoms with Gasteiger partial charge in [-0.05, 0) is 35.9 Å². The zero-order valence-electron chi connectivity index (χ0n) is 15.5. The Kier molecular flexibility index (Phi) is 5.56. The number of rotatable bonds is 5. The van der Waals surface area contributed by atoms with Gasteiger partial charge in [0.05, 0.1) is 22.8 Å². The molecule has 1 amide bonds. The molecule has 0 unspecified atom stereocenters. The van der Waals surface area contributed by atoms with E-state index in [-0.39, 0.29) is 11.7 Å². The molecule has 4 N–H and O–H groups in total. The second-order valence-electron chi connectivity index (χ2n) is 7.24. The molecule has 0 bridgehead atoms. The molecule has 8 heteroatoms. The summed E-state index contributed by atoms with van der Waals surface area (Å²) >= 11 is 6.35. The first-order chi connectivity index (χ1) is 13.9. The molecule has 1 aromatic heterocycles. The predicted molar refractivity (Wildman–Crippen MR) is 109 cm³/mol. The van der Waals surface area contributed by atoms with Gasteiger partial charge in [-0.25, -0.2) is 4.39 Å². The van der Waals surface area contributed by atoms with Crippen molar-refractivity contribution in [1.29, 1.82) is 0 Å². The zero-order valence-corrected chi connectivity index (χ0v) is 16.3. The minimum Gasteiger partial charge on any atom is -0.389 e. The van der Waals surface area contributed by atoms with E-state index >= 15 is 0 Å². The molecule has 4 rings (SSSR count). The highest BCUT2D eigenvalue weighted by Gasteiger charge is 2.29. The van der Waals surface area contributed by atoms with Crippen LogP contribution >= 0.6 is 11.6 Å². The SMILES string of the molecule is O=C(NCCN1C[C@H](O)[C@@H](O)C1)c1ccc(-c2c[nH]c3cc(F)ccc23)cc1Cl. The van der Waals surface area contributed by atoms with E-state index in [1.165, 1.54) is 12.1 Å². The summed E-state index contributed by atoms with van der Waals surface area (Å²) in [4.78, 5) is 17.4. The number of hydrogen-bond acceptors (Lipinski definition) is 4. The number of nitrogens with zero attached hydrogens (tertiary/aromatic N) is 1. The van der Waals surface area contributed by atoms with Crippen LogP contribution in [0, 0.1) is 5.82 Å². The lowest BCUT2D eigenvalue weighted by Gasteiger charge is -2.15. The van der Waals surface area contributed by atoms with Gasteiger partial charge in [0.2, 0.25) is 0 Å². The van der Waals surface area contributed by atoms with Crippen LogP contribution in [-0.2, 0) is 0 Å². The van der Waals surface area contributed by atoms with Gasteiger partial charge in [0.15, 0.2) is 0 Å². The van der Waals surface area contributed by atoms with Crippen molar-refractivity contribution in [3.8, 4) is 11.1 Å². The minimum absolute atomic E-state index is 0.289. The summed E-state index contributed by atoms with van der Waals surface area (Å²) in [6, 6.07) is 9.73. The molecule has 0 saturated carbocycles. The molecule has 29 heavy (non-hydrogen) atoms. The van der Waals surface area contributed by atoms with Crippen LogP contribution in [0.25, 0.3) is 22.0 Å². The van der Waals surface area contributed by atoms with E-state index in [2.05, 4.69) is 10.3 Å². The summed E-state index contributed by atoms with van der Waals surface area (Å²) < 4.78 is 13.4. The first kappa shape index (κ1) is 19.8. The van der Waals surface area contributed by atoms with Crippen molar-refractivity contribution in [1.82, 2.24) is 15.2 Å². The van der Waals surface area contributed by atoms with Crippen molar-refractivity contribution >= 4 is 28.4 Å². The van der Waals surface area contributed by atoms with E-state index in [1.807, 2.05) is 4.90 Å². The lowest BCUT2D eigenvalue weighted by atomic mass is 10.0. The lowest BCUT2D eigenvalue weighted by Crippen LogP contribution is -2.34. The molecule has 2 atom stereocenters. The van der Waals surface area contributed by atoms with Gasteiger partial charge in [-0.1, -0.05) is 17.7 Å². The summed E-state index contributed by atoms with van der Waals surface area (Å²) in [7, 11) is 0. The summed E-state index contributed by atoms with van der Waals surface area (Å²) in [6.45, 7) is 1.69. The number of fused-ring (bicyclic) bond motifs is 1. The zero-order chi connectivity index (χ0) is 20.5. The smallest absolute Gasteiger partial charge is 0.252 e. The van der Waals surface area contributed by atoms with Gasteiger partial charge < -0.3 is 20.5 Å². The molecule has 0 aliphatic carbocycles. The van der Waals surface area contributed by atoms with Crippen LogP contribution in [0.2, 0.25) is 5.02 Å². The Morgan fingerprint density at radius 1 is 1.21 bits per heavy atom. The van der Waals surface area contributed by atoms with E-state index in [4.69, 9.17) is 11.6 Å². The third kappa shape index (κ3) is 4.13. The van der Waals surface area contributed by atoms with Gasteiger partial charge in [0, 0.05) is 48.8 Å². The predicted octanol–water partition coefficient (Wildman–Crippen LogP) is 2.39. The molecule has 1 aliphatic heterocycles. The molecule has 3 aromatic rings. The number of carbonyl (C=O) groups is 1. The largest absolute Gasteiger partial charge is 0.389 e. The molecule has 6 nitrogen and oxygen atoms in total. The summed E-state index contributed by atoms with van der Waals surface area (Å²) in [6.07, 6.45) is 0.302. The monoisotopic (exact) mass is 417 g/mol. The number of amides is 1. The maximum atomic E-state index is 13.4. The number of likely N-dealkylation sites (tertiary alicyclic amines) is 1. The number of H-pyrrole nitrogens is 1. The summed E-state index contributed by atoms with van der Waals surface area (Å²) in [5.74, 6) is -0.600. The third-order valence-electron chi connectivity index (χ3n) is 5.22. The lowest BCUT2D eigenvalue weighted by molar-refractivity contribution is 0.0572. The van der Waals surface area contributed by atoms with Gasteiger partial charge in [0.25, 0.3) is 5.91 Å². The Balaban J connectivity index is 1.43. The first-order valence-corrected chi connectivity index (χ1v) is 9.73. The van der Waals surface area contributed by atoms with Crippen LogP contribution in [0.4, 0.5) is 4.39 Å². The van der Waals surface area contributed by atoms with Crippen LogP contribution in [0.1, 0.15) is 10.4 Å². The van der Waals surface area contributed by atoms with Crippen molar-refractivity contribution in [3.63, 3.8) is 0 Å². The maximum Gasteiger partial charge on any atom is 0.252 e. The molecule has 2 heterocycles. The highest BCUT2D eigenvalue weighted by atomic mass is 35.5. The number of β-amino-alcohol motifs (C(OH)–C–C–N with tert-alkyl or cyclic N) is 2. The highest BCUT2D eigenvalue weighted by molar-refractivity contribution is 6.34.